The minimum absolute atomic E-state index is 0.00850. The summed E-state index contributed by atoms with van der Waals surface area (Å²) in [6, 6.07) is 7.60. The first-order valence-electron chi connectivity index (χ1n) is 18.7. The molecule has 1 atom stereocenters. The van der Waals surface area contributed by atoms with Crippen LogP contribution in [-0.2, 0) is 43.4 Å². The quantitative estimate of drug-likeness (QED) is 0.128. The number of nitrogens with zero attached hydrogens (tertiary/aromatic N) is 7. The Bertz CT molecular complexity index is 1690. The van der Waals surface area contributed by atoms with Crippen molar-refractivity contribution in [2.24, 2.45) is 5.41 Å². The van der Waals surface area contributed by atoms with Gasteiger partial charge in [-0.15, -0.1) is 10.2 Å². The van der Waals surface area contributed by atoms with Gasteiger partial charge in [-0.25, -0.2) is 9.97 Å². The molecule has 1 aliphatic rings. The number of anilines is 2. The van der Waals surface area contributed by atoms with Crippen LogP contribution < -0.4 is 25.8 Å². The maximum atomic E-state index is 13.8. The zero-order valence-corrected chi connectivity index (χ0v) is 33.1. The SMILES string of the molecule is CCn1cnnc1-c1cccc(N2Cc3c(cc(N(C)C(C)C)nc3CNCC(=O)NCCOCCOCCOCCC(=O)N[C@H](C)C(C)(C)C)C2=O)n1. The van der Waals surface area contributed by atoms with E-state index in [1.807, 2.05) is 54.6 Å². The number of nitrogens with one attached hydrogen (secondary N) is 3. The lowest BCUT2D eigenvalue weighted by Gasteiger charge is -2.28. The van der Waals surface area contributed by atoms with E-state index in [1.54, 1.807) is 11.2 Å². The normalized spacial score (nSPS) is 13.4. The summed E-state index contributed by atoms with van der Waals surface area (Å²) in [6.07, 6.45) is 1.97. The number of aromatic nitrogens is 5. The van der Waals surface area contributed by atoms with Crippen molar-refractivity contribution in [1.29, 1.82) is 0 Å². The predicted octanol–water partition coefficient (Wildman–Crippen LogP) is 2.96. The van der Waals surface area contributed by atoms with Crippen LogP contribution in [0.4, 0.5) is 11.6 Å². The number of carbonyl (C=O) groups excluding carboxylic acids is 3. The summed E-state index contributed by atoms with van der Waals surface area (Å²) < 4.78 is 18.5. The van der Waals surface area contributed by atoms with E-state index in [2.05, 4.69) is 60.8 Å². The van der Waals surface area contributed by atoms with Crippen LogP contribution in [0.5, 0.6) is 0 Å². The topological polar surface area (TPSA) is 178 Å². The monoisotopic (exact) mass is 750 g/mol. The number of ether oxygens (including phenoxy) is 3. The van der Waals surface area contributed by atoms with Crippen molar-refractivity contribution in [3.8, 4) is 11.5 Å². The second kappa shape index (κ2) is 20.2. The summed E-state index contributed by atoms with van der Waals surface area (Å²) in [5.74, 6) is 1.46. The molecule has 0 fully saturated rings. The number of aryl methyl sites for hydroxylation is 1. The fourth-order valence-corrected chi connectivity index (χ4v) is 5.37. The van der Waals surface area contributed by atoms with Gasteiger partial charge in [0.05, 0.1) is 64.0 Å². The van der Waals surface area contributed by atoms with Gasteiger partial charge >= 0.3 is 0 Å². The molecular weight excluding hydrogens is 692 g/mol. The van der Waals surface area contributed by atoms with E-state index in [1.165, 1.54) is 0 Å². The first-order chi connectivity index (χ1) is 25.8. The summed E-state index contributed by atoms with van der Waals surface area (Å²) in [5.41, 5.74) is 2.70. The lowest BCUT2D eigenvalue weighted by molar-refractivity contribution is -0.123. The maximum absolute atomic E-state index is 13.8. The van der Waals surface area contributed by atoms with Gasteiger partial charge in [-0.05, 0) is 51.3 Å². The molecule has 0 saturated carbocycles. The molecule has 1 aliphatic heterocycles. The van der Waals surface area contributed by atoms with Crippen molar-refractivity contribution in [3.63, 3.8) is 0 Å². The van der Waals surface area contributed by atoms with Gasteiger partial charge in [-0.3, -0.25) is 19.3 Å². The molecule has 3 N–H and O–H groups in total. The Hall–Kier alpha value is -4.51. The molecule has 296 valence electrons. The van der Waals surface area contributed by atoms with Gasteiger partial charge in [0.25, 0.3) is 5.91 Å². The molecule has 3 amide bonds. The van der Waals surface area contributed by atoms with Crippen LogP contribution in [0.15, 0.2) is 30.6 Å². The summed E-state index contributed by atoms with van der Waals surface area (Å²) in [5, 5.41) is 17.3. The van der Waals surface area contributed by atoms with E-state index < -0.39 is 0 Å². The summed E-state index contributed by atoms with van der Waals surface area (Å²) in [7, 11) is 1.94. The molecule has 0 saturated heterocycles. The highest BCUT2D eigenvalue weighted by atomic mass is 16.5. The molecule has 4 rings (SSSR count). The molecule has 4 heterocycles. The van der Waals surface area contributed by atoms with Crippen LogP contribution in [0.3, 0.4) is 0 Å². The Morgan fingerprint density at radius 2 is 1.69 bits per heavy atom. The van der Waals surface area contributed by atoms with Gasteiger partial charge in [0.2, 0.25) is 11.8 Å². The second-order valence-corrected chi connectivity index (χ2v) is 14.6. The van der Waals surface area contributed by atoms with E-state index in [-0.39, 0.29) is 41.8 Å². The van der Waals surface area contributed by atoms with Gasteiger partial charge in [0.15, 0.2) is 5.82 Å². The Morgan fingerprint density at radius 3 is 2.37 bits per heavy atom. The first kappa shape index (κ1) is 42.2. The molecule has 0 spiro atoms. The number of carbonyl (C=O) groups is 3. The number of hydrogen-bond acceptors (Lipinski definition) is 12. The van der Waals surface area contributed by atoms with Crippen molar-refractivity contribution in [3.05, 3.63) is 47.4 Å². The second-order valence-electron chi connectivity index (χ2n) is 14.6. The lowest BCUT2D eigenvalue weighted by atomic mass is 9.88. The lowest BCUT2D eigenvalue weighted by Crippen LogP contribution is -2.41. The highest BCUT2D eigenvalue weighted by Crippen LogP contribution is 2.32. The van der Waals surface area contributed by atoms with Crippen LogP contribution in [-0.4, -0.2) is 114 Å². The maximum Gasteiger partial charge on any atom is 0.260 e. The highest BCUT2D eigenvalue weighted by Gasteiger charge is 2.33. The van der Waals surface area contributed by atoms with E-state index in [4.69, 9.17) is 24.2 Å². The summed E-state index contributed by atoms with van der Waals surface area (Å²) in [4.78, 5) is 51.8. The average Bonchev–Trinajstić information content (AvgIpc) is 3.76. The van der Waals surface area contributed by atoms with E-state index >= 15 is 0 Å². The van der Waals surface area contributed by atoms with Crippen LogP contribution in [0, 0.1) is 5.41 Å². The van der Waals surface area contributed by atoms with E-state index in [0.717, 1.165) is 5.56 Å². The smallest absolute Gasteiger partial charge is 0.260 e. The van der Waals surface area contributed by atoms with E-state index in [0.29, 0.717) is 107 Å². The third kappa shape index (κ3) is 12.0. The Morgan fingerprint density at radius 1 is 0.981 bits per heavy atom. The van der Waals surface area contributed by atoms with Gasteiger partial charge in [0, 0.05) is 50.7 Å². The molecule has 54 heavy (non-hydrogen) atoms. The molecular formula is C38H58N10O6. The largest absolute Gasteiger partial charge is 0.379 e. The third-order valence-corrected chi connectivity index (χ3v) is 9.36. The van der Waals surface area contributed by atoms with Crippen molar-refractivity contribution >= 4 is 29.4 Å². The minimum Gasteiger partial charge on any atom is -0.379 e. The van der Waals surface area contributed by atoms with E-state index in [9.17, 15) is 14.4 Å². The standard InChI is InChI=1S/C38H58N10O6/c1-9-47-25-41-45-36(47)30-11-10-12-32(43-30)48-24-29-28(37(48)51)21-33(46(8)26(2)3)44-31(29)22-39-23-35(50)40-14-16-53-18-20-54-19-17-52-15-13-34(49)42-27(4)38(5,6)7/h10-12,21,25-27,39H,9,13-20,22-24H2,1-8H3,(H,40,50)(H,42,49)/t27-/m1/s1. The molecule has 16 nitrogen and oxygen atoms in total. The number of amides is 3. The molecule has 3 aromatic rings. The Balaban J connectivity index is 1.18. The summed E-state index contributed by atoms with van der Waals surface area (Å²) >= 11 is 0. The molecule has 16 heteroatoms. The van der Waals surface area contributed by atoms with Crippen molar-refractivity contribution in [1.82, 2.24) is 40.7 Å². The number of rotatable bonds is 22. The zero-order valence-electron chi connectivity index (χ0n) is 33.1. The molecule has 0 radical (unpaired) electrons. The van der Waals surface area contributed by atoms with Crippen molar-refractivity contribution in [2.75, 3.05) is 69.6 Å². The Kier molecular flexibility index (Phi) is 15.8. The van der Waals surface area contributed by atoms with Crippen molar-refractivity contribution < 1.29 is 28.6 Å². The van der Waals surface area contributed by atoms with Crippen LogP contribution in [0.1, 0.15) is 76.5 Å². The molecule has 0 aliphatic carbocycles. The van der Waals surface area contributed by atoms with Crippen LogP contribution in [0.25, 0.3) is 11.5 Å². The zero-order chi connectivity index (χ0) is 39.3. The number of fused-ring (bicyclic) bond motifs is 1. The number of hydrogen-bond donors (Lipinski definition) is 3. The highest BCUT2D eigenvalue weighted by molar-refractivity contribution is 6.10. The first-order valence-corrected chi connectivity index (χ1v) is 18.7. The fraction of sp³-hybridized carbons (Fsp3) is 0.605. The molecule has 0 aromatic carbocycles. The molecule has 0 unspecified atom stereocenters. The van der Waals surface area contributed by atoms with Crippen LogP contribution in [0.2, 0.25) is 0 Å². The average molecular weight is 751 g/mol. The van der Waals surface area contributed by atoms with Crippen LogP contribution >= 0.6 is 0 Å². The molecule has 3 aromatic heterocycles. The van der Waals surface area contributed by atoms with Gasteiger partial charge < -0.3 is 39.6 Å². The van der Waals surface area contributed by atoms with Crippen molar-refractivity contribution in [2.45, 2.75) is 86.6 Å². The van der Waals surface area contributed by atoms with Gasteiger partial charge in [0.1, 0.15) is 23.7 Å². The summed E-state index contributed by atoms with van der Waals surface area (Å²) in [6.45, 7) is 18.4. The third-order valence-electron chi connectivity index (χ3n) is 9.36. The van der Waals surface area contributed by atoms with Gasteiger partial charge in [-0.1, -0.05) is 26.8 Å². The van der Waals surface area contributed by atoms with Gasteiger partial charge in [-0.2, -0.15) is 0 Å². The number of pyridine rings is 2. The Labute approximate surface area is 318 Å². The minimum atomic E-state index is -0.181. The predicted molar refractivity (Wildman–Crippen MR) is 206 cm³/mol. The fourth-order valence-electron chi connectivity index (χ4n) is 5.37. The molecule has 0 bridgehead atoms.